The van der Waals surface area contributed by atoms with Crippen molar-refractivity contribution < 1.29 is 9.53 Å². The molecule has 1 aromatic heterocycles. The molecule has 0 fully saturated rings. The molecule has 112 valence electrons. The molecule has 1 N–H and O–H groups in total. The lowest BCUT2D eigenvalue weighted by Gasteiger charge is -2.04. The van der Waals surface area contributed by atoms with Crippen LogP contribution < -0.4 is 5.32 Å². The van der Waals surface area contributed by atoms with Gasteiger partial charge in [-0.05, 0) is 24.1 Å². The maximum absolute atomic E-state index is 11.5. The molecule has 0 aliphatic heterocycles. The van der Waals surface area contributed by atoms with Gasteiger partial charge in [-0.1, -0.05) is 53.8 Å². The number of aromatic nitrogens is 1. The molecule has 5 heteroatoms. The highest BCUT2D eigenvalue weighted by Gasteiger charge is 2.01. The Labute approximate surface area is 134 Å². The standard InChI is InChI=1S/C17H15ClN2O2/c1-13-10-15(16(18)20-11-13)8-5-9-19-17(21)22-12-14-6-3-2-4-7-14/h2-4,6-7,10-11H,9,12H2,1H3,(H,19,21). The summed E-state index contributed by atoms with van der Waals surface area (Å²) in [5.41, 5.74) is 2.55. The molecule has 1 amide bonds. The summed E-state index contributed by atoms with van der Waals surface area (Å²) in [6, 6.07) is 11.3. The number of alkyl carbamates (subject to hydrolysis) is 1. The second-order valence-corrected chi connectivity index (χ2v) is 4.93. The summed E-state index contributed by atoms with van der Waals surface area (Å²) in [5.74, 6) is 5.68. The van der Waals surface area contributed by atoms with E-state index in [-0.39, 0.29) is 13.2 Å². The van der Waals surface area contributed by atoms with E-state index in [4.69, 9.17) is 16.3 Å². The molecule has 1 heterocycles. The molecule has 0 atom stereocenters. The van der Waals surface area contributed by atoms with Gasteiger partial charge < -0.3 is 10.1 Å². The number of ether oxygens (including phenoxy) is 1. The summed E-state index contributed by atoms with van der Waals surface area (Å²) in [5, 5.41) is 2.91. The van der Waals surface area contributed by atoms with Gasteiger partial charge in [0.15, 0.2) is 0 Å². The lowest BCUT2D eigenvalue weighted by atomic mass is 10.2. The highest BCUT2D eigenvalue weighted by molar-refractivity contribution is 6.30. The van der Waals surface area contributed by atoms with E-state index in [1.165, 1.54) is 0 Å². The van der Waals surface area contributed by atoms with Crippen LogP contribution >= 0.6 is 11.6 Å². The van der Waals surface area contributed by atoms with Crippen molar-refractivity contribution in [3.8, 4) is 11.8 Å². The van der Waals surface area contributed by atoms with Crippen molar-refractivity contribution in [3.63, 3.8) is 0 Å². The monoisotopic (exact) mass is 314 g/mol. The summed E-state index contributed by atoms with van der Waals surface area (Å²) in [6.07, 6.45) is 1.17. The van der Waals surface area contributed by atoms with Gasteiger partial charge in [0.05, 0.1) is 12.1 Å². The summed E-state index contributed by atoms with van der Waals surface area (Å²) in [7, 11) is 0. The maximum atomic E-state index is 11.5. The molecule has 22 heavy (non-hydrogen) atoms. The average Bonchev–Trinajstić information content (AvgIpc) is 2.53. The molecule has 0 saturated heterocycles. The largest absolute Gasteiger partial charge is 0.445 e. The predicted molar refractivity (Wildman–Crippen MR) is 85.5 cm³/mol. The molecule has 0 aliphatic rings. The summed E-state index contributed by atoms with van der Waals surface area (Å²) in [6.45, 7) is 2.32. The fraction of sp³-hybridized carbons (Fsp3) is 0.176. The van der Waals surface area contributed by atoms with Crippen LogP contribution in [0.15, 0.2) is 42.6 Å². The zero-order valence-electron chi connectivity index (χ0n) is 12.1. The lowest BCUT2D eigenvalue weighted by Crippen LogP contribution is -2.24. The number of nitrogens with one attached hydrogen (secondary N) is 1. The Kier molecular flexibility index (Phi) is 5.81. The fourth-order valence-corrected chi connectivity index (χ4v) is 1.82. The third-order valence-electron chi connectivity index (χ3n) is 2.73. The highest BCUT2D eigenvalue weighted by atomic mass is 35.5. The molecule has 2 aromatic rings. The van der Waals surface area contributed by atoms with E-state index in [1.54, 1.807) is 6.20 Å². The van der Waals surface area contributed by atoms with Crippen molar-refractivity contribution in [2.24, 2.45) is 0 Å². The molecule has 0 spiro atoms. The zero-order chi connectivity index (χ0) is 15.8. The van der Waals surface area contributed by atoms with E-state index in [1.807, 2.05) is 43.3 Å². The average molecular weight is 315 g/mol. The number of nitrogens with zero attached hydrogens (tertiary/aromatic N) is 1. The summed E-state index contributed by atoms with van der Waals surface area (Å²) in [4.78, 5) is 15.5. The first-order valence-corrected chi connectivity index (χ1v) is 7.08. The second kappa shape index (κ2) is 8.06. The first-order valence-electron chi connectivity index (χ1n) is 6.71. The van der Waals surface area contributed by atoms with Crippen molar-refractivity contribution in [2.45, 2.75) is 13.5 Å². The van der Waals surface area contributed by atoms with Crippen LogP contribution in [0.3, 0.4) is 0 Å². The van der Waals surface area contributed by atoms with Crippen LogP contribution in [0.25, 0.3) is 0 Å². The van der Waals surface area contributed by atoms with Crippen molar-refractivity contribution in [1.29, 1.82) is 0 Å². The molecule has 0 bridgehead atoms. The van der Waals surface area contributed by atoms with Crippen LogP contribution in [0.4, 0.5) is 4.79 Å². The van der Waals surface area contributed by atoms with Gasteiger partial charge in [0.25, 0.3) is 0 Å². The number of benzene rings is 1. The Bertz CT molecular complexity index is 706. The number of amides is 1. The Balaban J connectivity index is 1.78. The van der Waals surface area contributed by atoms with E-state index < -0.39 is 6.09 Å². The Morgan fingerprint density at radius 2 is 2.14 bits per heavy atom. The smallest absolute Gasteiger partial charge is 0.408 e. The molecule has 2 rings (SSSR count). The number of pyridine rings is 1. The van der Waals surface area contributed by atoms with Crippen LogP contribution in [-0.4, -0.2) is 17.6 Å². The van der Waals surface area contributed by atoms with Gasteiger partial charge in [0.2, 0.25) is 0 Å². The number of aryl methyl sites for hydroxylation is 1. The van der Waals surface area contributed by atoms with Crippen molar-refractivity contribution >= 4 is 17.7 Å². The van der Waals surface area contributed by atoms with Crippen LogP contribution in [0, 0.1) is 18.8 Å². The number of rotatable bonds is 3. The van der Waals surface area contributed by atoms with Gasteiger partial charge >= 0.3 is 6.09 Å². The number of hydrogen-bond acceptors (Lipinski definition) is 3. The second-order valence-electron chi connectivity index (χ2n) is 4.57. The first kappa shape index (κ1) is 15.9. The van der Waals surface area contributed by atoms with Crippen LogP contribution in [0.5, 0.6) is 0 Å². The quantitative estimate of drug-likeness (QED) is 0.698. The molecule has 0 saturated carbocycles. The SMILES string of the molecule is Cc1cnc(Cl)c(C#CCNC(=O)OCc2ccccc2)c1. The van der Waals surface area contributed by atoms with E-state index in [2.05, 4.69) is 22.1 Å². The number of carbonyl (C=O) groups is 1. The minimum atomic E-state index is -0.508. The summed E-state index contributed by atoms with van der Waals surface area (Å²) < 4.78 is 5.07. The van der Waals surface area contributed by atoms with Crippen molar-refractivity contribution in [2.75, 3.05) is 6.54 Å². The molecule has 0 unspecified atom stereocenters. The Hall–Kier alpha value is -2.51. The van der Waals surface area contributed by atoms with E-state index >= 15 is 0 Å². The molecular formula is C17H15ClN2O2. The lowest BCUT2D eigenvalue weighted by molar-refractivity contribution is 0.141. The number of halogens is 1. The topological polar surface area (TPSA) is 51.2 Å². The zero-order valence-corrected chi connectivity index (χ0v) is 12.9. The third-order valence-corrected chi connectivity index (χ3v) is 3.03. The molecule has 0 radical (unpaired) electrons. The predicted octanol–water partition coefficient (Wildman–Crippen LogP) is 3.32. The van der Waals surface area contributed by atoms with E-state index in [9.17, 15) is 4.79 Å². The third kappa shape index (κ3) is 5.12. The van der Waals surface area contributed by atoms with Gasteiger partial charge in [-0.2, -0.15) is 0 Å². The Morgan fingerprint density at radius 3 is 2.91 bits per heavy atom. The normalized spacial score (nSPS) is 9.55. The minimum Gasteiger partial charge on any atom is -0.445 e. The van der Waals surface area contributed by atoms with Crippen molar-refractivity contribution in [3.05, 3.63) is 64.4 Å². The van der Waals surface area contributed by atoms with Crippen molar-refractivity contribution in [1.82, 2.24) is 10.3 Å². The molecule has 4 nitrogen and oxygen atoms in total. The maximum Gasteiger partial charge on any atom is 0.408 e. The van der Waals surface area contributed by atoms with Crippen LogP contribution in [-0.2, 0) is 11.3 Å². The fourth-order valence-electron chi connectivity index (χ4n) is 1.67. The Morgan fingerprint density at radius 1 is 1.36 bits per heavy atom. The molecular weight excluding hydrogens is 300 g/mol. The first-order chi connectivity index (χ1) is 10.6. The highest BCUT2D eigenvalue weighted by Crippen LogP contribution is 2.12. The minimum absolute atomic E-state index is 0.178. The number of carbonyl (C=O) groups excluding carboxylic acids is 1. The molecule has 1 aromatic carbocycles. The van der Waals surface area contributed by atoms with Gasteiger partial charge in [-0.3, -0.25) is 0 Å². The van der Waals surface area contributed by atoms with Gasteiger partial charge in [0, 0.05) is 6.20 Å². The van der Waals surface area contributed by atoms with E-state index in [0.717, 1.165) is 11.1 Å². The van der Waals surface area contributed by atoms with Gasteiger partial charge in [-0.25, -0.2) is 9.78 Å². The van der Waals surface area contributed by atoms with E-state index in [0.29, 0.717) is 10.7 Å². The van der Waals surface area contributed by atoms with Crippen LogP contribution in [0.2, 0.25) is 5.15 Å². The van der Waals surface area contributed by atoms with Gasteiger partial charge in [0.1, 0.15) is 11.8 Å². The van der Waals surface area contributed by atoms with Gasteiger partial charge in [-0.15, -0.1) is 0 Å². The summed E-state index contributed by atoms with van der Waals surface area (Å²) >= 11 is 5.93. The molecule has 0 aliphatic carbocycles. The number of hydrogen-bond donors (Lipinski definition) is 1. The van der Waals surface area contributed by atoms with Crippen LogP contribution in [0.1, 0.15) is 16.7 Å².